The van der Waals surface area contributed by atoms with E-state index in [-0.39, 0.29) is 24.4 Å². The first kappa shape index (κ1) is 27.7. The predicted octanol–water partition coefficient (Wildman–Crippen LogP) is 6.46. The molecule has 0 saturated carbocycles. The molecule has 3 heterocycles. The standard InChI is InChI=1S/C31H32ClN5O2S/c1-19-18-22(21(3)37(19)26-13-9-10-23(32)20(26)2)30-29(25-12-7-8-16-33-25)35-31(40)36(30)17-15-28(38)34-24-11-5-6-14-27(24)39-4/h5-14,16,18,29-30H,15,17H2,1-4H3,(H,34,38)(H,35,40)/t29-,30+/m1/s1. The quantitative estimate of drug-likeness (QED) is 0.236. The molecule has 40 heavy (non-hydrogen) atoms. The lowest BCUT2D eigenvalue weighted by Gasteiger charge is -2.28. The molecule has 0 unspecified atom stereocenters. The second-order valence-corrected chi connectivity index (χ2v) is 10.7. The van der Waals surface area contributed by atoms with E-state index < -0.39 is 0 Å². The normalized spacial score (nSPS) is 16.6. The number of nitrogens with one attached hydrogen (secondary N) is 2. The molecule has 0 radical (unpaired) electrons. The Morgan fingerprint density at radius 2 is 1.88 bits per heavy atom. The van der Waals surface area contributed by atoms with Crippen LogP contribution >= 0.6 is 23.8 Å². The second kappa shape index (κ2) is 11.7. The van der Waals surface area contributed by atoms with Gasteiger partial charge in [0.1, 0.15) is 5.75 Å². The van der Waals surface area contributed by atoms with Crippen LogP contribution in [-0.2, 0) is 4.79 Å². The molecule has 1 aliphatic rings. The summed E-state index contributed by atoms with van der Waals surface area (Å²) >= 11 is 12.3. The fourth-order valence-electron chi connectivity index (χ4n) is 5.46. The summed E-state index contributed by atoms with van der Waals surface area (Å²) < 4.78 is 7.62. The number of aromatic nitrogens is 2. The van der Waals surface area contributed by atoms with Gasteiger partial charge in [0.2, 0.25) is 5.91 Å². The van der Waals surface area contributed by atoms with Gasteiger partial charge in [-0.25, -0.2) is 0 Å². The molecule has 206 valence electrons. The lowest BCUT2D eigenvalue weighted by Crippen LogP contribution is -2.33. The molecule has 9 heteroatoms. The van der Waals surface area contributed by atoms with Crippen molar-refractivity contribution < 1.29 is 9.53 Å². The number of halogens is 1. The number of nitrogens with zero attached hydrogens (tertiary/aromatic N) is 3. The highest BCUT2D eigenvalue weighted by Gasteiger charge is 2.41. The van der Waals surface area contributed by atoms with Crippen LogP contribution in [0.1, 0.15) is 46.7 Å². The number of amides is 1. The number of thiocarbonyl (C=S) groups is 1. The Kier molecular flexibility index (Phi) is 8.09. The predicted molar refractivity (Wildman–Crippen MR) is 163 cm³/mol. The van der Waals surface area contributed by atoms with Crippen LogP contribution in [0.25, 0.3) is 5.69 Å². The summed E-state index contributed by atoms with van der Waals surface area (Å²) in [6.07, 6.45) is 2.04. The molecule has 2 N–H and O–H groups in total. The van der Waals surface area contributed by atoms with Crippen LogP contribution in [-0.4, -0.2) is 39.1 Å². The van der Waals surface area contributed by atoms with E-state index in [4.69, 9.17) is 28.6 Å². The molecule has 1 saturated heterocycles. The van der Waals surface area contributed by atoms with Crippen molar-refractivity contribution in [2.24, 2.45) is 0 Å². The molecule has 7 nitrogen and oxygen atoms in total. The SMILES string of the molecule is COc1ccccc1NC(=O)CCN1C(=S)N[C@H](c2ccccn2)[C@@H]1c1cc(C)n(-c2cccc(Cl)c2C)c1C. The third-order valence-corrected chi connectivity index (χ3v) is 8.19. The van der Waals surface area contributed by atoms with Crippen LogP contribution in [0.3, 0.4) is 0 Å². The number of para-hydroxylation sites is 2. The number of methoxy groups -OCH3 is 1. The van der Waals surface area contributed by atoms with Gasteiger partial charge in [-0.2, -0.15) is 0 Å². The van der Waals surface area contributed by atoms with Gasteiger partial charge >= 0.3 is 0 Å². The van der Waals surface area contributed by atoms with Gasteiger partial charge in [-0.1, -0.05) is 35.9 Å². The van der Waals surface area contributed by atoms with Crippen LogP contribution in [0.15, 0.2) is 72.9 Å². The third-order valence-electron chi connectivity index (χ3n) is 7.43. The van der Waals surface area contributed by atoms with Crippen molar-refractivity contribution in [1.82, 2.24) is 19.8 Å². The first-order chi connectivity index (χ1) is 19.3. The van der Waals surface area contributed by atoms with E-state index >= 15 is 0 Å². The number of anilines is 1. The van der Waals surface area contributed by atoms with E-state index in [9.17, 15) is 4.79 Å². The number of carbonyl (C=O) groups is 1. The largest absolute Gasteiger partial charge is 0.495 e. The van der Waals surface area contributed by atoms with Gasteiger partial charge in [0.05, 0.1) is 30.6 Å². The molecule has 0 bridgehead atoms. The Morgan fingerprint density at radius 1 is 1.10 bits per heavy atom. The fraction of sp³-hybridized carbons (Fsp3) is 0.258. The highest BCUT2D eigenvalue weighted by atomic mass is 35.5. The third kappa shape index (κ3) is 5.29. The maximum absolute atomic E-state index is 13.0. The maximum Gasteiger partial charge on any atom is 0.226 e. The van der Waals surface area contributed by atoms with E-state index in [1.165, 1.54) is 0 Å². The summed E-state index contributed by atoms with van der Waals surface area (Å²) in [5, 5.41) is 7.78. The average molecular weight is 574 g/mol. The van der Waals surface area contributed by atoms with Gasteiger partial charge in [-0.3, -0.25) is 9.78 Å². The van der Waals surface area contributed by atoms with Crippen LogP contribution in [0.5, 0.6) is 5.75 Å². The van der Waals surface area contributed by atoms with Crippen molar-refractivity contribution in [3.8, 4) is 11.4 Å². The van der Waals surface area contributed by atoms with E-state index in [1.54, 1.807) is 13.3 Å². The van der Waals surface area contributed by atoms with Crippen LogP contribution < -0.4 is 15.4 Å². The molecule has 2 aromatic carbocycles. The molecule has 2 aromatic heterocycles. The van der Waals surface area contributed by atoms with Crippen molar-refractivity contribution in [2.75, 3.05) is 19.0 Å². The molecular weight excluding hydrogens is 542 g/mol. The zero-order chi connectivity index (χ0) is 28.4. The molecule has 4 aromatic rings. The van der Waals surface area contributed by atoms with Gasteiger partial charge < -0.3 is 24.8 Å². The first-order valence-corrected chi connectivity index (χ1v) is 13.9. The lowest BCUT2D eigenvalue weighted by atomic mass is 9.96. The van der Waals surface area contributed by atoms with E-state index in [0.29, 0.717) is 23.1 Å². The number of hydrogen-bond donors (Lipinski definition) is 2. The number of ether oxygens (including phenoxy) is 1. The average Bonchev–Trinajstić information content (AvgIpc) is 3.44. The van der Waals surface area contributed by atoms with Gasteiger partial charge in [-0.15, -0.1) is 0 Å². The number of hydrogen-bond acceptors (Lipinski definition) is 4. The Hall–Kier alpha value is -3.88. The summed E-state index contributed by atoms with van der Waals surface area (Å²) in [6, 6.07) is 21.1. The van der Waals surface area contributed by atoms with E-state index in [0.717, 1.165) is 38.9 Å². The Labute approximate surface area is 245 Å². The van der Waals surface area contributed by atoms with E-state index in [1.807, 2.05) is 61.5 Å². The number of rotatable bonds is 8. The Bertz CT molecular complexity index is 1550. The molecule has 1 fully saturated rings. The van der Waals surface area contributed by atoms with Crippen LogP contribution in [0.4, 0.5) is 5.69 Å². The van der Waals surface area contributed by atoms with Crippen molar-refractivity contribution >= 4 is 40.5 Å². The summed E-state index contributed by atoms with van der Waals surface area (Å²) in [7, 11) is 1.59. The number of carbonyl (C=O) groups excluding carboxylic acids is 1. The van der Waals surface area contributed by atoms with Gasteiger partial charge in [0.25, 0.3) is 0 Å². The minimum atomic E-state index is -0.180. The summed E-state index contributed by atoms with van der Waals surface area (Å²) in [4.78, 5) is 19.8. The van der Waals surface area contributed by atoms with Crippen molar-refractivity contribution in [2.45, 2.75) is 39.3 Å². The van der Waals surface area contributed by atoms with Crippen molar-refractivity contribution in [3.05, 3.63) is 106 Å². The molecule has 5 rings (SSSR count). The number of pyridine rings is 1. The Balaban J connectivity index is 1.49. The monoisotopic (exact) mass is 573 g/mol. The highest BCUT2D eigenvalue weighted by molar-refractivity contribution is 7.80. The van der Waals surface area contributed by atoms with Crippen molar-refractivity contribution in [3.63, 3.8) is 0 Å². The minimum absolute atomic E-state index is 0.118. The first-order valence-electron chi connectivity index (χ1n) is 13.2. The zero-order valence-electron chi connectivity index (χ0n) is 22.9. The molecule has 0 spiro atoms. The Morgan fingerprint density at radius 3 is 2.62 bits per heavy atom. The highest BCUT2D eigenvalue weighted by Crippen LogP contribution is 2.42. The molecule has 0 aliphatic carbocycles. The molecule has 1 aliphatic heterocycles. The summed E-state index contributed by atoms with van der Waals surface area (Å²) in [5.41, 5.74) is 6.88. The van der Waals surface area contributed by atoms with Gasteiger partial charge in [-0.05, 0) is 86.6 Å². The summed E-state index contributed by atoms with van der Waals surface area (Å²) in [6.45, 7) is 6.68. The number of benzene rings is 2. The number of aryl methyl sites for hydroxylation is 1. The topological polar surface area (TPSA) is 71.4 Å². The molecular formula is C31H32ClN5O2S. The smallest absolute Gasteiger partial charge is 0.226 e. The minimum Gasteiger partial charge on any atom is -0.495 e. The van der Waals surface area contributed by atoms with Crippen LogP contribution in [0.2, 0.25) is 5.02 Å². The lowest BCUT2D eigenvalue weighted by molar-refractivity contribution is -0.116. The second-order valence-electron chi connectivity index (χ2n) is 9.86. The molecule has 1 amide bonds. The van der Waals surface area contributed by atoms with Crippen molar-refractivity contribution in [1.29, 1.82) is 0 Å². The van der Waals surface area contributed by atoms with Crippen LogP contribution in [0, 0.1) is 20.8 Å². The fourth-order valence-corrected chi connectivity index (χ4v) is 5.96. The van der Waals surface area contributed by atoms with Gasteiger partial charge in [0.15, 0.2) is 5.11 Å². The maximum atomic E-state index is 13.0. The van der Waals surface area contributed by atoms with Gasteiger partial charge in [0, 0.05) is 41.3 Å². The van der Waals surface area contributed by atoms with E-state index in [2.05, 4.69) is 51.1 Å². The zero-order valence-corrected chi connectivity index (χ0v) is 24.5. The summed E-state index contributed by atoms with van der Waals surface area (Å²) in [5.74, 6) is 0.499. The molecule has 2 atom stereocenters.